The van der Waals surface area contributed by atoms with Gasteiger partial charge in [0.15, 0.2) is 0 Å². The summed E-state index contributed by atoms with van der Waals surface area (Å²) in [6.07, 6.45) is 1.35. The maximum Gasteiger partial charge on any atom is 0.372 e. The fourth-order valence-corrected chi connectivity index (χ4v) is 1.92. The molecule has 110 valence electrons. The van der Waals surface area contributed by atoms with Crippen LogP contribution in [0, 0.1) is 11.3 Å². The lowest BCUT2D eigenvalue weighted by atomic mass is 9.84. The van der Waals surface area contributed by atoms with Crippen LogP contribution in [0.4, 0.5) is 0 Å². The van der Waals surface area contributed by atoms with Crippen molar-refractivity contribution in [3.05, 3.63) is 0 Å². The Balaban J connectivity index is 3.75. The monoisotopic (exact) mass is 272 g/mol. The molecule has 0 aliphatic heterocycles. The minimum Gasteiger partial charge on any atom is -0.476 e. The zero-order valence-corrected chi connectivity index (χ0v) is 12.2. The second kappa shape index (κ2) is 7.92. The number of carbonyl (C=O) groups excluding carboxylic acids is 2. The summed E-state index contributed by atoms with van der Waals surface area (Å²) < 4.78 is 4.97. The predicted molar refractivity (Wildman–Crippen MR) is 70.7 cm³/mol. The number of Topliss-reactive ketones (excluding diaryl/α,β-unsaturated/α-hetero) is 1. The van der Waals surface area contributed by atoms with Crippen LogP contribution in [0.15, 0.2) is 0 Å². The molecule has 1 N–H and O–H groups in total. The first-order chi connectivity index (χ1) is 8.61. The van der Waals surface area contributed by atoms with E-state index in [-0.39, 0.29) is 18.3 Å². The van der Waals surface area contributed by atoms with E-state index in [0.717, 1.165) is 12.8 Å². The first-order valence-corrected chi connectivity index (χ1v) is 6.53. The largest absolute Gasteiger partial charge is 0.476 e. The van der Waals surface area contributed by atoms with Gasteiger partial charge in [-0.25, -0.2) is 4.79 Å². The molecule has 0 rings (SSSR count). The summed E-state index contributed by atoms with van der Waals surface area (Å²) in [5.41, 5.74) is 0.247. The molecular formula is C14H24O5. The molecule has 5 nitrogen and oxygen atoms in total. The zero-order valence-electron chi connectivity index (χ0n) is 12.2. The highest BCUT2D eigenvalue weighted by atomic mass is 16.5. The van der Waals surface area contributed by atoms with Crippen LogP contribution in [-0.4, -0.2) is 29.4 Å². The average molecular weight is 272 g/mol. The van der Waals surface area contributed by atoms with Crippen LogP contribution in [-0.2, 0) is 19.1 Å². The normalized spacial score (nSPS) is 12.8. The maximum absolute atomic E-state index is 11.3. The Kier molecular flexibility index (Phi) is 7.34. The molecule has 0 radical (unpaired) electrons. The van der Waals surface area contributed by atoms with E-state index in [1.54, 1.807) is 0 Å². The number of rotatable bonds is 8. The second-order valence-electron chi connectivity index (χ2n) is 6.11. The summed E-state index contributed by atoms with van der Waals surface area (Å²) >= 11 is 0. The summed E-state index contributed by atoms with van der Waals surface area (Å²) in [6.45, 7) is 8.90. The lowest BCUT2D eigenvalue weighted by molar-refractivity contribution is -0.150. The molecule has 0 bridgehead atoms. The molecule has 0 saturated heterocycles. The van der Waals surface area contributed by atoms with Crippen LogP contribution in [0.5, 0.6) is 0 Å². The number of aliphatic carboxylic acids is 1. The topological polar surface area (TPSA) is 80.7 Å². The van der Waals surface area contributed by atoms with E-state index in [1.165, 1.54) is 0 Å². The fourth-order valence-electron chi connectivity index (χ4n) is 1.92. The minimum absolute atomic E-state index is 0.168. The van der Waals surface area contributed by atoms with Gasteiger partial charge in [0, 0.05) is 6.42 Å². The number of carbonyl (C=O) groups is 3. The van der Waals surface area contributed by atoms with Gasteiger partial charge in [0.25, 0.3) is 0 Å². The van der Waals surface area contributed by atoms with Crippen LogP contribution in [0.1, 0.15) is 53.4 Å². The van der Waals surface area contributed by atoms with Gasteiger partial charge in [-0.1, -0.05) is 27.7 Å². The SMILES string of the molecule is CC(CCOC(=O)CCC(=O)C(=O)O)CC(C)(C)C. The number of ether oxygens (including phenoxy) is 1. The lowest BCUT2D eigenvalue weighted by Crippen LogP contribution is -2.16. The van der Waals surface area contributed by atoms with Gasteiger partial charge in [0.05, 0.1) is 13.0 Å². The van der Waals surface area contributed by atoms with E-state index in [9.17, 15) is 14.4 Å². The average Bonchev–Trinajstić information content (AvgIpc) is 2.23. The number of carboxylic acid groups (broad SMARTS) is 1. The van der Waals surface area contributed by atoms with Gasteiger partial charge in [-0.2, -0.15) is 0 Å². The Labute approximate surface area is 114 Å². The van der Waals surface area contributed by atoms with Gasteiger partial charge in [0.1, 0.15) is 0 Å². The lowest BCUT2D eigenvalue weighted by Gasteiger charge is -2.22. The standard InChI is InChI=1S/C14H24O5/c1-10(9-14(2,3)4)7-8-19-12(16)6-5-11(15)13(17)18/h10H,5-9H2,1-4H3,(H,17,18). The number of esters is 1. The van der Waals surface area contributed by atoms with Gasteiger partial charge >= 0.3 is 11.9 Å². The number of hydrogen-bond donors (Lipinski definition) is 1. The Morgan fingerprint density at radius 3 is 2.21 bits per heavy atom. The van der Waals surface area contributed by atoms with Crippen molar-refractivity contribution in [3.8, 4) is 0 Å². The Morgan fingerprint density at radius 2 is 1.74 bits per heavy atom. The molecule has 0 aromatic heterocycles. The van der Waals surface area contributed by atoms with Crippen LogP contribution < -0.4 is 0 Å². The Bertz CT molecular complexity index is 327. The molecular weight excluding hydrogens is 248 g/mol. The molecule has 0 aromatic rings. The highest BCUT2D eigenvalue weighted by Crippen LogP contribution is 2.25. The minimum atomic E-state index is -1.51. The van der Waals surface area contributed by atoms with Crippen molar-refractivity contribution in [3.63, 3.8) is 0 Å². The molecule has 0 spiro atoms. The van der Waals surface area contributed by atoms with Gasteiger partial charge in [-0.3, -0.25) is 9.59 Å². The van der Waals surface area contributed by atoms with Crippen molar-refractivity contribution >= 4 is 17.7 Å². The molecule has 0 aliphatic carbocycles. The highest BCUT2D eigenvalue weighted by Gasteiger charge is 2.16. The van der Waals surface area contributed by atoms with Crippen molar-refractivity contribution in [2.75, 3.05) is 6.61 Å². The summed E-state index contributed by atoms with van der Waals surface area (Å²) in [4.78, 5) is 32.3. The van der Waals surface area contributed by atoms with E-state index < -0.39 is 17.7 Å². The molecule has 1 atom stereocenters. The zero-order chi connectivity index (χ0) is 15.1. The van der Waals surface area contributed by atoms with Crippen molar-refractivity contribution < 1.29 is 24.2 Å². The molecule has 0 saturated carbocycles. The van der Waals surface area contributed by atoms with Crippen LogP contribution >= 0.6 is 0 Å². The smallest absolute Gasteiger partial charge is 0.372 e. The third-order valence-corrected chi connectivity index (χ3v) is 2.63. The molecule has 0 fully saturated rings. The van der Waals surface area contributed by atoms with Crippen molar-refractivity contribution in [1.29, 1.82) is 0 Å². The molecule has 1 unspecified atom stereocenters. The Hall–Kier alpha value is -1.39. The molecule has 0 aromatic carbocycles. The van der Waals surface area contributed by atoms with E-state index in [2.05, 4.69) is 27.7 Å². The summed E-state index contributed by atoms with van der Waals surface area (Å²) in [5, 5.41) is 8.35. The van der Waals surface area contributed by atoms with Gasteiger partial charge < -0.3 is 9.84 Å². The van der Waals surface area contributed by atoms with E-state index >= 15 is 0 Å². The molecule has 0 aliphatic rings. The van der Waals surface area contributed by atoms with Gasteiger partial charge in [-0.15, -0.1) is 0 Å². The van der Waals surface area contributed by atoms with Gasteiger partial charge in [-0.05, 0) is 24.2 Å². The van der Waals surface area contributed by atoms with Crippen LogP contribution in [0.3, 0.4) is 0 Å². The predicted octanol–water partition coefficient (Wildman–Crippen LogP) is 2.43. The maximum atomic E-state index is 11.3. The van der Waals surface area contributed by atoms with Crippen molar-refractivity contribution in [1.82, 2.24) is 0 Å². The van der Waals surface area contributed by atoms with Crippen LogP contribution in [0.25, 0.3) is 0 Å². The summed E-state index contributed by atoms with van der Waals surface area (Å²) in [5.74, 6) is -2.53. The van der Waals surface area contributed by atoms with Gasteiger partial charge in [0.2, 0.25) is 5.78 Å². The number of hydrogen-bond acceptors (Lipinski definition) is 4. The summed E-state index contributed by atoms with van der Waals surface area (Å²) in [7, 11) is 0. The first-order valence-electron chi connectivity index (χ1n) is 6.53. The van der Waals surface area contributed by atoms with E-state index in [1.807, 2.05) is 0 Å². The van der Waals surface area contributed by atoms with E-state index in [0.29, 0.717) is 12.5 Å². The first kappa shape index (κ1) is 17.6. The quantitative estimate of drug-likeness (QED) is 0.542. The summed E-state index contributed by atoms with van der Waals surface area (Å²) in [6, 6.07) is 0. The third kappa shape index (κ3) is 10.2. The van der Waals surface area contributed by atoms with E-state index in [4.69, 9.17) is 9.84 Å². The molecule has 19 heavy (non-hydrogen) atoms. The number of carboxylic acids is 1. The number of ketones is 1. The highest BCUT2D eigenvalue weighted by molar-refractivity contribution is 6.32. The third-order valence-electron chi connectivity index (χ3n) is 2.63. The van der Waals surface area contributed by atoms with Crippen LogP contribution in [0.2, 0.25) is 0 Å². The second-order valence-corrected chi connectivity index (χ2v) is 6.11. The molecule has 5 heteroatoms. The van der Waals surface area contributed by atoms with Crippen molar-refractivity contribution in [2.45, 2.75) is 53.4 Å². The fraction of sp³-hybridized carbons (Fsp3) is 0.786. The van der Waals surface area contributed by atoms with Crippen molar-refractivity contribution in [2.24, 2.45) is 11.3 Å². The molecule has 0 amide bonds. The Morgan fingerprint density at radius 1 is 1.16 bits per heavy atom. The molecule has 0 heterocycles.